The monoisotopic (exact) mass is 294 g/mol. The van der Waals surface area contributed by atoms with Crippen molar-refractivity contribution >= 4 is 17.3 Å². The van der Waals surface area contributed by atoms with Gasteiger partial charge in [0.05, 0.1) is 17.1 Å². The van der Waals surface area contributed by atoms with Gasteiger partial charge >= 0.3 is 0 Å². The van der Waals surface area contributed by atoms with Crippen LogP contribution >= 0.6 is 0 Å². The predicted molar refractivity (Wildman–Crippen MR) is 76.1 cm³/mol. The summed E-state index contributed by atoms with van der Waals surface area (Å²) in [5.41, 5.74) is 6.62. The molecule has 0 bridgehead atoms. The number of nitrogens with two attached hydrogens (primary N) is 1. The first-order chi connectivity index (χ1) is 9.85. The van der Waals surface area contributed by atoms with Crippen LogP contribution in [0.4, 0.5) is 20.2 Å². The Labute approximate surface area is 120 Å². The zero-order chi connectivity index (χ0) is 15.7. The number of carbonyl (C=O) groups is 1. The van der Waals surface area contributed by atoms with Gasteiger partial charge in [0.2, 0.25) is 0 Å². The van der Waals surface area contributed by atoms with Crippen molar-refractivity contribution in [3.05, 3.63) is 40.7 Å². The highest BCUT2D eigenvalue weighted by Gasteiger charge is 2.20. The number of carbonyl (C=O) groups excluding carboxylic acids is 1. The van der Waals surface area contributed by atoms with E-state index in [1.54, 1.807) is 13.8 Å². The van der Waals surface area contributed by atoms with Gasteiger partial charge in [-0.25, -0.2) is 8.78 Å². The number of nitrogens with one attached hydrogen (secondary N) is 1. The molecule has 112 valence electrons. The molecule has 2 aromatic rings. The SMILES string of the molecule is CCn1nc(C)c(N)c1C(=O)Nc1cc(F)c(C)cc1F. The van der Waals surface area contributed by atoms with Crippen molar-refractivity contribution in [1.82, 2.24) is 9.78 Å². The number of aryl methyl sites for hydroxylation is 3. The van der Waals surface area contributed by atoms with Gasteiger partial charge in [-0.05, 0) is 32.4 Å². The zero-order valence-corrected chi connectivity index (χ0v) is 12.0. The molecule has 0 unspecified atom stereocenters. The van der Waals surface area contributed by atoms with Gasteiger partial charge in [0.25, 0.3) is 5.91 Å². The highest BCUT2D eigenvalue weighted by Crippen LogP contribution is 2.22. The van der Waals surface area contributed by atoms with E-state index in [0.29, 0.717) is 12.2 Å². The molecule has 0 spiro atoms. The van der Waals surface area contributed by atoms with Crippen LogP contribution in [0, 0.1) is 25.5 Å². The first-order valence-electron chi connectivity index (χ1n) is 6.45. The van der Waals surface area contributed by atoms with E-state index in [1.165, 1.54) is 11.6 Å². The van der Waals surface area contributed by atoms with Gasteiger partial charge in [-0.3, -0.25) is 9.48 Å². The second-order valence-electron chi connectivity index (χ2n) is 4.70. The molecule has 0 atom stereocenters. The molecule has 0 radical (unpaired) electrons. The number of amides is 1. The molecule has 5 nitrogen and oxygen atoms in total. The van der Waals surface area contributed by atoms with Gasteiger partial charge in [-0.15, -0.1) is 0 Å². The normalized spacial score (nSPS) is 10.7. The highest BCUT2D eigenvalue weighted by molar-refractivity contribution is 6.06. The van der Waals surface area contributed by atoms with Crippen LogP contribution in [0.2, 0.25) is 0 Å². The Morgan fingerprint density at radius 2 is 2.00 bits per heavy atom. The Hall–Kier alpha value is -2.44. The summed E-state index contributed by atoms with van der Waals surface area (Å²) in [6.45, 7) is 5.35. The van der Waals surface area contributed by atoms with E-state index >= 15 is 0 Å². The highest BCUT2D eigenvalue weighted by atomic mass is 19.1. The van der Waals surface area contributed by atoms with Crippen LogP contribution < -0.4 is 11.1 Å². The lowest BCUT2D eigenvalue weighted by Crippen LogP contribution is -2.19. The molecule has 1 aromatic heterocycles. The van der Waals surface area contributed by atoms with E-state index < -0.39 is 17.5 Å². The third-order valence-corrected chi connectivity index (χ3v) is 3.18. The Kier molecular flexibility index (Phi) is 3.93. The van der Waals surface area contributed by atoms with E-state index in [4.69, 9.17) is 5.73 Å². The quantitative estimate of drug-likeness (QED) is 0.914. The number of rotatable bonds is 3. The number of hydrogen-bond acceptors (Lipinski definition) is 3. The molecular weight excluding hydrogens is 278 g/mol. The lowest BCUT2D eigenvalue weighted by Gasteiger charge is -2.09. The maximum atomic E-state index is 13.8. The Morgan fingerprint density at radius 1 is 1.33 bits per heavy atom. The largest absolute Gasteiger partial charge is 0.395 e. The summed E-state index contributed by atoms with van der Waals surface area (Å²) in [6, 6.07) is 1.97. The summed E-state index contributed by atoms with van der Waals surface area (Å²) in [6.07, 6.45) is 0. The Morgan fingerprint density at radius 3 is 2.62 bits per heavy atom. The van der Waals surface area contributed by atoms with E-state index in [0.717, 1.165) is 12.1 Å². The average molecular weight is 294 g/mol. The van der Waals surface area contributed by atoms with Crippen LogP contribution in [-0.2, 0) is 6.54 Å². The molecule has 3 N–H and O–H groups in total. The van der Waals surface area contributed by atoms with Crippen LogP contribution in [0.15, 0.2) is 12.1 Å². The van der Waals surface area contributed by atoms with Crippen molar-refractivity contribution < 1.29 is 13.6 Å². The van der Waals surface area contributed by atoms with Gasteiger partial charge in [-0.2, -0.15) is 5.10 Å². The molecule has 21 heavy (non-hydrogen) atoms. The summed E-state index contributed by atoms with van der Waals surface area (Å²) in [7, 11) is 0. The molecule has 0 aliphatic rings. The van der Waals surface area contributed by atoms with Crippen molar-refractivity contribution in [3.63, 3.8) is 0 Å². The molecule has 1 aromatic carbocycles. The summed E-state index contributed by atoms with van der Waals surface area (Å²) in [4.78, 5) is 12.2. The summed E-state index contributed by atoms with van der Waals surface area (Å²) in [5.74, 6) is -1.93. The van der Waals surface area contributed by atoms with Crippen LogP contribution in [0.25, 0.3) is 0 Å². The van der Waals surface area contributed by atoms with E-state index in [-0.39, 0.29) is 22.6 Å². The fraction of sp³-hybridized carbons (Fsp3) is 0.286. The number of benzene rings is 1. The minimum Gasteiger partial charge on any atom is -0.395 e. The van der Waals surface area contributed by atoms with Gasteiger partial charge in [0.15, 0.2) is 0 Å². The average Bonchev–Trinajstić information content (AvgIpc) is 2.71. The first kappa shape index (κ1) is 15.0. The van der Waals surface area contributed by atoms with Gasteiger partial charge in [0.1, 0.15) is 17.3 Å². The van der Waals surface area contributed by atoms with Crippen LogP contribution in [0.1, 0.15) is 28.7 Å². The maximum absolute atomic E-state index is 13.8. The third-order valence-electron chi connectivity index (χ3n) is 3.18. The van der Waals surface area contributed by atoms with Gasteiger partial charge in [-0.1, -0.05) is 0 Å². The number of anilines is 2. The van der Waals surface area contributed by atoms with E-state index in [2.05, 4.69) is 10.4 Å². The zero-order valence-electron chi connectivity index (χ0n) is 12.0. The molecular formula is C14H16F2N4O. The number of halogens is 2. The molecule has 0 saturated heterocycles. The predicted octanol–water partition coefficient (Wildman–Crippen LogP) is 2.63. The molecule has 0 fully saturated rings. The second-order valence-corrected chi connectivity index (χ2v) is 4.70. The van der Waals surface area contributed by atoms with Crippen LogP contribution in [0.3, 0.4) is 0 Å². The Bertz CT molecular complexity index is 709. The van der Waals surface area contributed by atoms with Crippen molar-refractivity contribution in [3.8, 4) is 0 Å². The lowest BCUT2D eigenvalue weighted by atomic mass is 10.2. The molecule has 2 rings (SSSR count). The lowest BCUT2D eigenvalue weighted by molar-refractivity contribution is 0.101. The number of hydrogen-bond donors (Lipinski definition) is 2. The smallest absolute Gasteiger partial charge is 0.276 e. The summed E-state index contributed by atoms with van der Waals surface area (Å²) >= 11 is 0. The standard InChI is InChI=1S/C14H16F2N4O/c1-4-20-13(12(17)8(3)19-20)14(21)18-11-6-9(15)7(2)5-10(11)16/h5-6H,4,17H2,1-3H3,(H,18,21). The molecule has 1 amide bonds. The number of nitrogens with zero attached hydrogens (tertiary/aromatic N) is 2. The Balaban J connectivity index is 2.37. The van der Waals surface area contributed by atoms with E-state index in [1.807, 2.05) is 0 Å². The molecule has 0 aliphatic heterocycles. The summed E-state index contributed by atoms with van der Waals surface area (Å²) < 4.78 is 28.7. The van der Waals surface area contributed by atoms with Crippen molar-refractivity contribution in [2.75, 3.05) is 11.1 Å². The van der Waals surface area contributed by atoms with Crippen LogP contribution in [0.5, 0.6) is 0 Å². The second kappa shape index (κ2) is 5.51. The number of nitrogen functional groups attached to an aromatic ring is 1. The summed E-state index contributed by atoms with van der Waals surface area (Å²) in [5, 5.41) is 6.44. The first-order valence-corrected chi connectivity index (χ1v) is 6.45. The van der Waals surface area contributed by atoms with Gasteiger partial charge < -0.3 is 11.1 Å². The molecule has 0 saturated carbocycles. The van der Waals surface area contributed by atoms with E-state index in [9.17, 15) is 13.6 Å². The third kappa shape index (κ3) is 2.72. The van der Waals surface area contributed by atoms with Gasteiger partial charge in [0, 0.05) is 12.6 Å². The minimum atomic E-state index is -0.708. The molecule has 1 heterocycles. The molecule has 7 heteroatoms. The maximum Gasteiger partial charge on any atom is 0.276 e. The molecule has 0 aliphatic carbocycles. The van der Waals surface area contributed by atoms with Crippen molar-refractivity contribution in [2.24, 2.45) is 0 Å². The number of aromatic nitrogens is 2. The van der Waals surface area contributed by atoms with Crippen molar-refractivity contribution in [1.29, 1.82) is 0 Å². The fourth-order valence-electron chi connectivity index (χ4n) is 1.99. The van der Waals surface area contributed by atoms with Crippen LogP contribution in [-0.4, -0.2) is 15.7 Å². The topological polar surface area (TPSA) is 72.9 Å². The fourth-order valence-corrected chi connectivity index (χ4v) is 1.99. The van der Waals surface area contributed by atoms with Crippen molar-refractivity contribution in [2.45, 2.75) is 27.3 Å². The minimum absolute atomic E-state index is 0.135.